The monoisotopic (exact) mass is 494 g/mol. The normalized spacial score (nSPS) is 28.1. The van der Waals surface area contributed by atoms with E-state index in [-0.39, 0.29) is 0 Å². The second-order valence-electron chi connectivity index (χ2n) is 11.1. The van der Waals surface area contributed by atoms with Gasteiger partial charge in [0.1, 0.15) is 5.75 Å². The summed E-state index contributed by atoms with van der Waals surface area (Å²) >= 11 is 0. The molecule has 5 nitrogen and oxygen atoms in total. The number of ether oxygens (including phenoxy) is 1. The van der Waals surface area contributed by atoms with Crippen LogP contribution in [0.1, 0.15) is 62.8 Å². The van der Waals surface area contributed by atoms with Gasteiger partial charge in [-0.3, -0.25) is 0 Å². The van der Waals surface area contributed by atoms with E-state index < -0.39 is 10.0 Å². The molecule has 4 aliphatic rings. The average molecular weight is 495 g/mol. The fourth-order valence-electron chi connectivity index (χ4n) is 7.33. The molecule has 0 aromatic heterocycles. The van der Waals surface area contributed by atoms with E-state index in [1.807, 2.05) is 12.1 Å². The van der Waals surface area contributed by atoms with Crippen molar-refractivity contribution >= 4 is 10.0 Å². The molecule has 3 atom stereocenters. The van der Waals surface area contributed by atoms with Gasteiger partial charge < -0.3 is 9.64 Å². The standard InChI is InChI=1S/C29H38N2O3S/c1-34-29-11-8-24(22-6-9-26(10-7-22)35(32,33)31-14-2-3-15-31)20-27(29)23-12-16-30(17-13-23)28-19-21-4-5-25(28)18-21/h6-11,20-21,23,25,28H,2-5,12-19H2,1H3. The predicted molar refractivity (Wildman–Crippen MR) is 139 cm³/mol. The molecule has 3 unspecified atom stereocenters. The van der Waals surface area contributed by atoms with Crippen LogP contribution in [-0.2, 0) is 10.0 Å². The van der Waals surface area contributed by atoms with Crippen LogP contribution in [-0.4, -0.2) is 57.0 Å². The van der Waals surface area contributed by atoms with Gasteiger partial charge in [0.15, 0.2) is 0 Å². The molecule has 6 heteroatoms. The number of hydrogen-bond acceptors (Lipinski definition) is 4. The van der Waals surface area contributed by atoms with Crippen molar-refractivity contribution in [1.82, 2.24) is 9.21 Å². The average Bonchev–Trinajstić information content (AvgIpc) is 3.68. The maximum Gasteiger partial charge on any atom is 0.243 e. The summed E-state index contributed by atoms with van der Waals surface area (Å²) in [4.78, 5) is 3.18. The Morgan fingerprint density at radius 2 is 1.54 bits per heavy atom. The van der Waals surface area contributed by atoms with Gasteiger partial charge in [0.25, 0.3) is 0 Å². The van der Waals surface area contributed by atoms with Crippen molar-refractivity contribution < 1.29 is 13.2 Å². The van der Waals surface area contributed by atoms with Gasteiger partial charge >= 0.3 is 0 Å². The molecule has 2 aromatic carbocycles. The molecule has 188 valence electrons. The number of hydrogen-bond donors (Lipinski definition) is 0. The molecule has 2 saturated heterocycles. The van der Waals surface area contributed by atoms with Crippen molar-refractivity contribution in [2.45, 2.75) is 68.2 Å². The smallest absolute Gasteiger partial charge is 0.243 e. The number of likely N-dealkylation sites (tertiary alicyclic amines) is 1. The first-order valence-corrected chi connectivity index (χ1v) is 15.0. The molecule has 2 saturated carbocycles. The zero-order valence-corrected chi connectivity index (χ0v) is 21.7. The first-order valence-electron chi connectivity index (χ1n) is 13.6. The van der Waals surface area contributed by atoms with Crippen LogP contribution in [0.15, 0.2) is 47.4 Å². The molecule has 2 aliphatic carbocycles. The molecule has 2 aromatic rings. The summed E-state index contributed by atoms with van der Waals surface area (Å²) in [5, 5.41) is 0. The molecule has 0 amide bonds. The molecule has 0 radical (unpaired) electrons. The van der Waals surface area contributed by atoms with Crippen molar-refractivity contribution in [2.24, 2.45) is 11.8 Å². The van der Waals surface area contributed by atoms with Crippen molar-refractivity contribution in [2.75, 3.05) is 33.3 Å². The third kappa shape index (κ3) is 4.42. The summed E-state index contributed by atoms with van der Waals surface area (Å²) in [6, 6.07) is 14.7. The lowest BCUT2D eigenvalue weighted by atomic mass is 9.85. The van der Waals surface area contributed by atoms with E-state index in [1.165, 1.54) is 57.2 Å². The second-order valence-corrected chi connectivity index (χ2v) is 13.1. The van der Waals surface area contributed by atoms with E-state index in [0.717, 1.165) is 47.6 Å². The van der Waals surface area contributed by atoms with Crippen LogP contribution in [0.4, 0.5) is 0 Å². The molecule has 6 rings (SSSR count). The zero-order chi connectivity index (χ0) is 24.0. The van der Waals surface area contributed by atoms with Crippen LogP contribution in [0.2, 0.25) is 0 Å². The van der Waals surface area contributed by atoms with Crippen LogP contribution in [0.25, 0.3) is 11.1 Å². The number of nitrogens with zero attached hydrogens (tertiary/aromatic N) is 2. The maximum atomic E-state index is 12.9. The van der Waals surface area contributed by atoms with Gasteiger partial charge in [0, 0.05) is 19.1 Å². The molecular formula is C29H38N2O3S. The first-order chi connectivity index (χ1) is 17.0. The first kappa shape index (κ1) is 23.5. The van der Waals surface area contributed by atoms with Gasteiger partial charge in [-0.2, -0.15) is 4.31 Å². The van der Waals surface area contributed by atoms with Crippen LogP contribution >= 0.6 is 0 Å². The molecule has 4 fully saturated rings. The summed E-state index contributed by atoms with van der Waals surface area (Å²) in [6.07, 6.45) is 10.1. The van der Waals surface area contributed by atoms with Gasteiger partial charge in [-0.05, 0) is 117 Å². The third-order valence-electron chi connectivity index (χ3n) is 9.26. The Labute approximate surface area is 210 Å². The van der Waals surface area contributed by atoms with Crippen molar-refractivity contribution in [3.8, 4) is 16.9 Å². The highest BCUT2D eigenvalue weighted by Crippen LogP contribution is 2.48. The summed E-state index contributed by atoms with van der Waals surface area (Å²) in [5.74, 6) is 3.43. The lowest BCUT2D eigenvalue weighted by Gasteiger charge is -2.40. The minimum Gasteiger partial charge on any atom is -0.496 e. The predicted octanol–water partition coefficient (Wildman–Crippen LogP) is 5.51. The van der Waals surface area contributed by atoms with E-state index in [0.29, 0.717) is 23.9 Å². The van der Waals surface area contributed by atoms with Crippen molar-refractivity contribution in [3.63, 3.8) is 0 Å². The quantitative estimate of drug-likeness (QED) is 0.531. The molecular weight excluding hydrogens is 456 g/mol. The largest absolute Gasteiger partial charge is 0.496 e. The minimum absolute atomic E-state index is 0.393. The lowest BCUT2D eigenvalue weighted by molar-refractivity contribution is 0.110. The number of fused-ring (bicyclic) bond motifs is 2. The zero-order valence-electron chi connectivity index (χ0n) is 20.9. The summed E-state index contributed by atoms with van der Waals surface area (Å²) in [5.41, 5.74) is 3.47. The fourth-order valence-corrected chi connectivity index (χ4v) is 8.85. The van der Waals surface area contributed by atoms with Gasteiger partial charge in [-0.25, -0.2) is 8.42 Å². The Morgan fingerprint density at radius 1 is 0.829 bits per heavy atom. The van der Waals surface area contributed by atoms with Gasteiger partial charge in [-0.1, -0.05) is 24.6 Å². The van der Waals surface area contributed by atoms with Crippen molar-refractivity contribution in [3.05, 3.63) is 48.0 Å². The SMILES string of the molecule is COc1ccc(-c2ccc(S(=O)(=O)N3CCCC3)cc2)cc1C1CCN(C2CC3CCC2C3)CC1. The Bertz CT molecular complexity index is 1150. The highest BCUT2D eigenvalue weighted by molar-refractivity contribution is 7.89. The van der Waals surface area contributed by atoms with E-state index in [2.05, 4.69) is 23.1 Å². The number of benzene rings is 2. The third-order valence-corrected chi connectivity index (χ3v) is 11.2. The van der Waals surface area contributed by atoms with Crippen LogP contribution in [0.5, 0.6) is 5.75 Å². The molecule has 35 heavy (non-hydrogen) atoms. The van der Waals surface area contributed by atoms with E-state index >= 15 is 0 Å². The molecule has 2 heterocycles. The molecule has 0 N–H and O–H groups in total. The molecule has 2 aliphatic heterocycles. The maximum absolute atomic E-state index is 12.9. The Kier molecular flexibility index (Phi) is 6.40. The van der Waals surface area contributed by atoms with E-state index in [1.54, 1.807) is 23.5 Å². The van der Waals surface area contributed by atoms with Gasteiger partial charge in [0.2, 0.25) is 10.0 Å². The summed E-state index contributed by atoms with van der Waals surface area (Å²) < 4.78 is 33.2. The number of methoxy groups -OCH3 is 1. The van der Waals surface area contributed by atoms with Crippen LogP contribution < -0.4 is 4.74 Å². The van der Waals surface area contributed by atoms with Crippen molar-refractivity contribution in [1.29, 1.82) is 0 Å². The van der Waals surface area contributed by atoms with E-state index in [4.69, 9.17) is 4.74 Å². The Hall–Kier alpha value is -1.89. The topological polar surface area (TPSA) is 49.9 Å². The molecule has 2 bridgehead atoms. The summed E-state index contributed by atoms with van der Waals surface area (Å²) in [6.45, 7) is 3.64. The van der Waals surface area contributed by atoms with Crippen LogP contribution in [0.3, 0.4) is 0 Å². The highest BCUT2D eigenvalue weighted by atomic mass is 32.2. The Morgan fingerprint density at radius 3 is 2.17 bits per heavy atom. The highest BCUT2D eigenvalue weighted by Gasteiger charge is 2.43. The fraction of sp³-hybridized carbons (Fsp3) is 0.586. The molecule has 0 spiro atoms. The van der Waals surface area contributed by atoms with Gasteiger partial charge in [-0.15, -0.1) is 0 Å². The minimum atomic E-state index is -3.38. The number of rotatable bonds is 6. The number of piperidine rings is 1. The number of sulfonamides is 1. The lowest BCUT2D eigenvalue weighted by Crippen LogP contribution is -2.43. The van der Waals surface area contributed by atoms with Gasteiger partial charge in [0.05, 0.1) is 12.0 Å². The second kappa shape index (κ2) is 9.53. The van der Waals surface area contributed by atoms with Crippen LogP contribution in [0, 0.1) is 11.8 Å². The Balaban J connectivity index is 1.18. The van der Waals surface area contributed by atoms with E-state index in [9.17, 15) is 8.42 Å². The summed E-state index contributed by atoms with van der Waals surface area (Å²) in [7, 11) is -1.62.